The van der Waals surface area contributed by atoms with E-state index < -0.39 is 11.7 Å². The van der Waals surface area contributed by atoms with Crippen LogP contribution in [0, 0.1) is 22.7 Å². The minimum absolute atomic E-state index is 0.1000. The fourth-order valence-corrected chi connectivity index (χ4v) is 6.21. The summed E-state index contributed by atoms with van der Waals surface area (Å²) >= 11 is 0. The summed E-state index contributed by atoms with van der Waals surface area (Å²) < 4.78 is 5.46. The molecule has 4 atom stereocenters. The largest absolute Gasteiger partial charge is 0.449 e. The summed E-state index contributed by atoms with van der Waals surface area (Å²) in [6, 6.07) is 9.33. The standard InChI is InChI=1S/C23H35NO3/c1-21(2)13-8-14-22(3)18(21)11-15-23(4,26)19(22)12-16-27-20(25)24-17-9-6-5-7-10-17/h5-7,9-10,18-19,26H,8,11-16H2,1-4H3,(H,24,25)/t18-,19-,22+,23+/m1/s1. The van der Waals surface area contributed by atoms with Gasteiger partial charge in [0.25, 0.3) is 0 Å². The van der Waals surface area contributed by atoms with Crippen LogP contribution in [0.5, 0.6) is 0 Å². The molecule has 2 saturated carbocycles. The van der Waals surface area contributed by atoms with E-state index >= 15 is 0 Å². The normalized spacial score (nSPS) is 35.1. The number of hydrogen-bond donors (Lipinski definition) is 2. The van der Waals surface area contributed by atoms with Crippen molar-refractivity contribution in [2.45, 2.75) is 71.8 Å². The summed E-state index contributed by atoms with van der Waals surface area (Å²) in [6.07, 6.45) is 5.82. The van der Waals surface area contributed by atoms with Crippen molar-refractivity contribution in [3.63, 3.8) is 0 Å². The average molecular weight is 374 g/mol. The Balaban J connectivity index is 1.64. The summed E-state index contributed by atoms with van der Waals surface area (Å²) in [6.45, 7) is 9.44. The molecule has 0 saturated heterocycles. The molecule has 0 bridgehead atoms. The molecule has 27 heavy (non-hydrogen) atoms. The van der Waals surface area contributed by atoms with E-state index in [0.717, 1.165) is 24.9 Å². The first kappa shape index (κ1) is 20.2. The number of anilines is 1. The first-order chi connectivity index (χ1) is 12.7. The van der Waals surface area contributed by atoms with E-state index in [1.165, 1.54) is 12.8 Å². The number of ether oxygens (including phenoxy) is 1. The highest BCUT2D eigenvalue weighted by atomic mass is 16.5. The lowest BCUT2D eigenvalue weighted by Crippen LogP contribution is -2.57. The second kappa shape index (κ2) is 7.46. The highest BCUT2D eigenvalue weighted by molar-refractivity contribution is 5.84. The molecule has 2 aliphatic carbocycles. The summed E-state index contributed by atoms with van der Waals surface area (Å²) in [5.74, 6) is 0.759. The topological polar surface area (TPSA) is 58.6 Å². The number of aliphatic hydroxyl groups is 1. The van der Waals surface area contributed by atoms with Crippen molar-refractivity contribution in [2.75, 3.05) is 11.9 Å². The van der Waals surface area contributed by atoms with Gasteiger partial charge in [-0.25, -0.2) is 4.79 Å². The lowest BCUT2D eigenvalue weighted by molar-refractivity contribution is -0.171. The summed E-state index contributed by atoms with van der Waals surface area (Å²) in [5.41, 5.74) is 0.446. The SMILES string of the molecule is CC1(C)CCC[C@@]2(C)[C@@H]1CC[C@](C)(O)[C@@H]2CCOC(=O)Nc1ccccc1. The lowest BCUT2D eigenvalue weighted by Gasteiger charge is -2.61. The van der Waals surface area contributed by atoms with Crippen molar-refractivity contribution in [1.29, 1.82) is 0 Å². The number of amides is 1. The monoisotopic (exact) mass is 373 g/mol. The van der Waals surface area contributed by atoms with Crippen LogP contribution in [0.4, 0.5) is 10.5 Å². The Morgan fingerprint density at radius 3 is 2.56 bits per heavy atom. The molecule has 4 nitrogen and oxygen atoms in total. The van der Waals surface area contributed by atoms with Crippen LogP contribution in [-0.2, 0) is 4.74 Å². The van der Waals surface area contributed by atoms with Crippen molar-refractivity contribution in [3.8, 4) is 0 Å². The van der Waals surface area contributed by atoms with Crippen LogP contribution < -0.4 is 5.32 Å². The van der Waals surface area contributed by atoms with Gasteiger partial charge in [-0.05, 0) is 73.8 Å². The van der Waals surface area contributed by atoms with E-state index in [2.05, 4.69) is 26.1 Å². The first-order valence-corrected chi connectivity index (χ1v) is 10.4. The van der Waals surface area contributed by atoms with Crippen LogP contribution in [-0.4, -0.2) is 23.4 Å². The van der Waals surface area contributed by atoms with Gasteiger partial charge in [0.05, 0.1) is 12.2 Å². The lowest BCUT2D eigenvalue weighted by atomic mass is 9.45. The number of para-hydroxylation sites is 1. The number of nitrogens with one attached hydrogen (secondary N) is 1. The van der Waals surface area contributed by atoms with Gasteiger partial charge in [-0.15, -0.1) is 0 Å². The Kier molecular flexibility index (Phi) is 5.58. The second-order valence-corrected chi connectivity index (χ2v) is 9.76. The zero-order valence-electron chi connectivity index (χ0n) is 17.3. The Morgan fingerprint density at radius 1 is 1.15 bits per heavy atom. The summed E-state index contributed by atoms with van der Waals surface area (Å²) in [5, 5.41) is 13.9. The minimum atomic E-state index is -0.696. The van der Waals surface area contributed by atoms with E-state index in [-0.39, 0.29) is 11.3 Å². The molecule has 4 heteroatoms. The van der Waals surface area contributed by atoms with E-state index in [1.54, 1.807) is 0 Å². The van der Waals surface area contributed by atoms with Crippen LogP contribution in [0.1, 0.15) is 66.2 Å². The van der Waals surface area contributed by atoms with E-state index in [0.29, 0.717) is 24.4 Å². The highest BCUT2D eigenvalue weighted by Crippen LogP contribution is 2.62. The fourth-order valence-electron chi connectivity index (χ4n) is 6.21. The van der Waals surface area contributed by atoms with Crippen LogP contribution >= 0.6 is 0 Å². The molecule has 1 amide bonds. The van der Waals surface area contributed by atoms with Crippen molar-refractivity contribution >= 4 is 11.8 Å². The maximum Gasteiger partial charge on any atom is 0.411 e. The molecule has 0 heterocycles. The Labute approximate surface area is 163 Å². The highest BCUT2D eigenvalue weighted by Gasteiger charge is 2.57. The van der Waals surface area contributed by atoms with Gasteiger partial charge >= 0.3 is 6.09 Å². The number of fused-ring (bicyclic) bond motifs is 1. The van der Waals surface area contributed by atoms with Gasteiger partial charge in [-0.2, -0.15) is 0 Å². The molecule has 0 spiro atoms. The van der Waals surface area contributed by atoms with Gasteiger partial charge in [0, 0.05) is 5.69 Å². The van der Waals surface area contributed by atoms with Crippen molar-refractivity contribution in [3.05, 3.63) is 30.3 Å². The zero-order chi connectivity index (χ0) is 19.7. The third-order valence-corrected chi connectivity index (χ3v) is 7.42. The maximum atomic E-state index is 12.1. The number of carbonyl (C=O) groups excluding carboxylic acids is 1. The molecule has 1 aromatic rings. The Bertz CT molecular complexity index is 655. The number of rotatable bonds is 4. The van der Waals surface area contributed by atoms with Crippen LogP contribution in [0.25, 0.3) is 0 Å². The van der Waals surface area contributed by atoms with Gasteiger partial charge in [-0.3, -0.25) is 5.32 Å². The van der Waals surface area contributed by atoms with E-state index in [4.69, 9.17) is 4.74 Å². The fraction of sp³-hybridized carbons (Fsp3) is 0.696. The molecule has 2 aliphatic rings. The van der Waals surface area contributed by atoms with E-state index in [1.807, 2.05) is 37.3 Å². The molecule has 0 radical (unpaired) electrons. The van der Waals surface area contributed by atoms with Crippen LogP contribution in [0.3, 0.4) is 0 Å². The summed E-state index contributed by atoms with van der Waals surface area (Å²) in [4.78, 5) is 12.1. The number of benzene rings is 1. The number of hydrogen-bond acceptors (Lipinski definition) is 3. The van der Waals surface area contributed by atoms with Crippen molar-refractivity contribution in [1.82, 2.24) is 0 Å². The van der Waals surface area contributed by atoms with Gasteiger partial charge in [0.1, 0.15) is 0 Å². The maximum absolute atomic E-state index is 12.1. The molecule has 0 aliphatic heterocycles. The molecule has 2 fully saturated rings. The molecule has 1 aromatic carbocycles. The average Bonchev–Trinajstić information content (AvgIpc) is 2.57. The molecule has 0 aromatic heterocycles. The van der Waals surface area contributed by atoms with Gasteiger partial charge in [0.15, 0.2) is 0 Å². The van der Waals surface area contributed by atoms with Gasteiger partial charge in [0.2, 0.25) is 0 Å². The second-order valence-electron chi connectivity index (χ2n) is 9.76. The van der Waals surface area contributed by atoms with Crippen molar-refractivity contribution < 1.29 is 14.6 Å². The molecular weight excluding hydrogens is 338 g/mol. The molecule has 150 valence electrons. The first-order valence-electron chi connectivity index (χ1n) is 10.4. The quantitative estimate of drug-likeness (QED) is 0.720. The predicted molar refractivity (Wildman–Crippen MR) is 109 cm³/mol. The summed E-state index contributed by atoms with van der Waals surface area (Å²) in [7, 11) is 0. The molecule has 0 unspecified atom stereocenters. The Morgan fingerprint density at radius 2 is 1.85 bits per heavy atom. The molecular formula is C23H35NO3. The zero-order valence-corrected chi connectivity index (χ0v) is 17.3. The van der Waals surface area contributed by atoms with E-state index in [9.17, 15) is 9.90 Å². The molecule has 2 N–H and O–H groups in total. The third kappa shape index (κ3) is 4.16. The van der Waals surface area contributed by atoms with Crippen LogP contribution in [0.15, 0.2) is 30.3 Å². The Hall–Kier alpha value is -1.55. The smallest absolute Gasteiger partial charge is 0.411 e. The third-order valence-electron chi connectivity index (χ3n) is 7.42. The minimum Gasteiger partial charge on any atom is -0.449 e. The number of carbonyl (C=O) groups is 1. The molecule has 3 rings (SSSR count). The van der Waals surface area contributed by atoms with Gasteiger partial charge in [-0.1, -0.05) is 45.4 Å². The van der Waals surface area contributed by atoms with Crippen molar-refractivity contribution in [2.24, 2.45) is 22.7 Å². The van der Waals surface area contributed by atoms with Gasteiger partial charge < -0.3 is 9.84 Å². The van der Waals surface area contributed by atoms with Crippen LogP contribution in [0.2, 0.25) is 0 Å². The predicted octanol–water partition coefficient (Wildman–Crippen LogP) is 5.62.